The predicted octanol–water partition coefficient (Wildman–Crippen LogP) is 4.92. The average Bonchev–Trinajstić information content (AvgIpc) is 3.42. The molecule has 184 valence electrons. The Labute approximate surface area is 218 Å². The molecule has 0 aliphatic carbocycles. The Morgan fingerprint density at radius 1 is 1.11 bits per heavy atom. The van der Waals surface area contributed by atoms with Crippen LogP contribution in [0.3, 0.4) is 0 Å². The van der Waals surface area contributed by atoms with Crippen molar-refractivity contribution in [1.82, 2.24) is 24.1 Å². The second-order valence-corrected chi connectivity index (χ2v) is 10.4. The molecule has 2 aromatic heterocycles. The minimum Gasteiger partial charge on any atom is -0.351 e. The Kier molecular flexibility index (Phi) is 5.57. The molecule has 4 heterocycles. The van der Waals surface area contributed by atoms with Crippen molar-refractivity contribution in [3.8, 4) is 0 Å². The SMILES string of the molecule is C[C@@H]1Cc2nn3c(c2CN1C(=O)c1ccc(Cl)c(Cl)c1)C(=O)N(Cc1cccc2c1ccn2C)CC3. The number of nitrogens with zero attached hydrogens (tertiary/aromatic N) is 5. The van der Waals surface area contributed by atoms with E-state index in [0.29, 0.717) is 53.9 Å². The molecule has 0 unspecified atom stereocenters. The molecule has 7 nitrogen and oxygen atoms in total. The molecule has 2 amide bonds. The monoisotopic (exact) mass is 521 g/mol. The van der Waals surface area contributed by atoms with Gasteiger partial charge >= 0.3 is 0 Å². The summed E-state index contributed by atoms with van der Waals surface area (Å²) in [6, 6.07) is 13.2. The Bertz CT molecular complexity index is 1540. The van der Waals surface area contributed by atoms with Crippen LogP contribution in [0.2, 0.25) is 10.0 Å². The van der Waals surface area contributed by atoms with Crippen LogP contribution in [0.1, 0.15) is 44.6 Å². The first-order valence-electron chi connectivity index (χ1n) is 12.0. The molecule has 0 bridgehead atoms. The third-order valence-corrected chi connectivity index (χ3v) is 8.10. The Morgan fingerprint density at radius 2 is 1.94 bits per heavy atom. The van der Waals surface area contributed by atoms with E-state index in [1.807, 2.05) is 35.8 Å². The van der Waals surface area contributed by atoms with Crippen molar-refractivity contribution >= 4 is 45.9 Å². The van der Waals surface area contributed by atoms with Gasteiger partial charge in [0.05, 0.1) is 28.8 Å². The Balaban J connectivity index is 1.30. The Hall–Kier alpha value is -3.29. The summed E-state index contributed by atoms with van der Waals surface area (Å²) in [4.78, 5) is 30.8. The highest BCUT2D eigenvalue weighted by Crippen LogP contribution is 2.31. The number of hydrogen-bond acceptors (Lipinski definition) is 3. The van der Waals surface area contributed by atoms with Crippen molar-refractivity contribution in [2.45, 2.75) is 39.0 Å². The second kappa shape index (κ2) is 8.68. The summed E-state index contributed by atoms with van der Waals surface area (Å²) < 4.78 is 3.91. The standard InChI is InChI=1S/C27H25Cl2N5O2/c1-16-12-23-20(15-33(16)26(35)17-6-7-21(28)22(29)13-17)25-27(36)32(10-11-34(25)30-23)14-18-4-3-5-24-19(18)8-9-31(24)2/h3-9,13,16H,10-12,14-15H2,1-2H3/t16-/m1/s1. The first kappa shape index (κ1) is 23.1. The van der Waals surface area contributed by atoms with Gasteiger partial charge in [-0.15, -0.1) is 0 Å². The number of hydrogen-bond donors (Lipinski definition) is 0. The summed E-state index contributed by atoms with van der Waals surface area (Å²) in [5.74, 6) is -0.179. The average molecular weight is 522 g/mol. The molecular formula is C27H25Cl2N5O2. The first-order valence-corrected chi connectivity index (χ1v) is 12.7. The molecular weight excluding hydrogens is 497 g/mol. The maximum atomic E-state index is 13.7. The van der Waals surface area contributed by atoms with Gasteiger partial charge in [0.1, 0.15) is 5.69 Å². The molecule has 0 spiro atoms. The number of amides is 2. The minimum absolute atomic E-state index is 0.0422. The van der Waals surface area contributed by atoms with E-state index in [1.54, 1.807) is 23.1 Å². The zero-order valence-corrected chi connectivity index (χ0v) is 21.6. The largest absolute Gasteiger partial charge is 0.351 e. The van der Waals surface area contributed by atoms with Gasteiger partial charge in [0.25, 0.3) is 11.8 Å². The number of aryl methyl sites for hydroxylation is 1. The summed E-state index contributed by atoms with van der Waals surface area (Å²) >= 11 is 12.2. The topological polar surface area (TPSA) is 63.4 Å². The van der Waals surface area contributed by atoms with Gasteiger partial charge in [0.15, 0.2) is 0 Å². The zero-order valence-electron chi connectivity index (χ0n) is 20.0. The van der Waals surface area contributed by atoms with Crippen LogP contribution in [-0.4, -0.2) is 48.5 Å². The smallest absolute Gasteiger partial charge is 0.272 e. The van der Waals surface area contributed by atoms with Gasteiger partial charge in [0.2, 0.25) is 0 Å². The lowest BCUT2D eigenvalue weighted by Gasteiger charge is -2.34. The molecule has 4 aromatic rings. The lowest BCUT2D eigenvalue weighted by atomic mass is 9.97. The molecule has 1 atom stereocenters. The van der Waals surface area contributed by atoms with E-state index in [4.69, 9.17) is 28.3 Å². The quantitative estimate of drug-likeness (QED) is 0.384. The molecule has 2 aliphatic rings. The molecule has 9 heteroatoms. The van der Waals surface area contributed by atoms with Crippen molar-refractivity contribution < 1.29 is 9.59 Å². The van der Waals surface area contributed by atoms with Gasteiger partial charge in [-0.2, -0.15) is 5.10 Å². The van der Waals surface area contributed by atoms with Crippen LogP contribution in [0, 0.1) is 0 Å². The van der Waals surface area contributed by atoms with E-state index in [-0.39, 0.29) is 17.9 Å². The highest BCUT2D eigenvalue weighted by atomic mass is 35.5. The van der Waals surface area contributed by atoms with Crippen LogP contribution in [0.25, 0.3) is 10.9 Å². The van der Waals surface area contributed by atoms with Gasteiger partial charge < -0.3 is 14.4 Å². The number of carbonyl (C=O) groups is 2. The third kappa shape index (κ3) is 3.69. The van der Waals surface area contributed by atoms with Crippen molar-refractivity contribution in [3.63, 3.8) is 0 Å². The fraction of sp³-hybridized carbons (Fsp3) is 0.296. The highest BCUT2D eigenvalue weighted by Gasteiger charge is 2.37. The van der Waals surface area contributed by atoms with Crippen molar-refractivity contribution in [2.24, 2.45) is 7.05 Å². The molecule has 0 N–H and O–H groups in total. The normalized spacial score (nSPS) is 17.4. The maximum absolute atomic E-state index is 13.7. The molecule has 2 aromatic carbocycles. The number of halogens is 2. The van der Waals surface area contributed by atoms with E-state index < -0.39 is 0 Å². The summed E-state index contributed by atoms with van der Waals surface area (Å²) in [7, 11) is 2.02. The van der Waals surface area contributed by atoms with Gasteiger partial charge in [-0.3, -0.25) is 14.3 Å². The van der Waals surface area contributed by atoms with E-state index >= 15 is 0 Å². The Morgan fingerprint density at radius 3 is 2.75 bits per heavy atom. The predicted molar refractivity (Wildman–Crippen MR) is 139 cm³/mol. The van der Waals surface area contributed by atoms with Gasteiger partial charge in [0, 0.05) is 60.8 Å². The fourth-order valence-electron chi connectivity index (χ4n) is 5.39. The highest BCUT2D eigenvalue weighted by molar-refractivity contribution is 6.42. The first-order chi connectivity index (χ1) is 17.3. The molecule has 6 rings (SSSR count). The van der Waals surface area contributed by atoms with Crippen molar-refractivity contribution in [1.29, 1.82) is 0 Å². The summed E-state index contributed by atoms with van der Waals surface area (Å²) in [5, 5.41) is 6.67. The molecule has 36 heavy (non-hydrogen) atoms. The lowest BCUT2D eigenvalue weighted by molar-refractivity contribution is 0.0637. The van der Waals surface area contributed by atoms with Crippen LogP contribution >= 0.6 is 23.2 Å². The van der Waals surface area contributed by atoms with Crippen molar-refractivity contribution in [3.05, 3.63) is 86.8 Å². The lowest BCUT2D eigenvalue weighted by Crippen LogP contribution is -2.44. The van der Waals surface area contributed by atoms with Gasteiger partial charge in [-0.1, -0.05) is 35.3 Å². The zero-order chi connectivity index (χ0) is 25.1. The van der Waals surface area contributed by atoms with E-state index in [0.717, 1.165) is 27.7 Å². The number of benzene rings is 2. The molecule has 0 saturated carbocycles. The number of rotatable bonds is 3. The van der Waals surface area contributed by atoms with E-state index in [1.165, 1.54) is 0 Å². The molecule has 0 fully saturated rings. The van der Waals surface area contributed by atoms with Crippen LogP contribution in [0.5, 0.6) is 0 Å². The summed E-state index contributed by atoms with van der Waals surface area (Å²) in [6.45, 7) is 4.09. The van der Waals surface area contributed by atoms with Crippen LogP contribution in [0.15, 0.2) is 48.7 Å². The summed E-state index contributed by atoms with van der Waals surface area (Å²) in [5.41, 5.74) is 5.07. The third-order valence-electron chi connectivity index (χ3n) is 7.36. The number of aromatic nitrogens is 3. The minimum atomic E-state index is -0.137. The fourth-order valence-corrected chi connectivity index (χ4v) is 5.69. The van der Waals surface area contributed by atoms with Gasteiger partial charge in [-0.05, 0) is 42.8 Å². The second-order valence-electron chi connectivity index (χ2n) is 9.62. The maximum Gasteiger partial charge on any atom is 0.272 e. The summed E-state index contributed by atoms with van der Waals surface area (Å²) in [6.07, 6.45) is 2.64. The van der Waals surface area contributed by atoms with Crippen LogP contribution in [0.4, 0.5) is 0 Å². The van der Waals surface area contributed by atoms with E-state index in [2.05, 4.69) is 22.8 Å². The molecule has 0 radical (unpaired) electrons. The number of fused-ring (bicyclic) bond motifs is 4. The van der Waals surface area contributed by atoms with Gasteiger partial charge in [-0.25, -0.2) is 0 Å². The van der Waals surface area contributed by atoms with Crippen LogP contribution in [-0.2, 0) is 33.1 Å². The molecule has 0 saturated heterocycles. The van der Waals surface area contributed by atoms with Crippen molar-refractivity contribution in [2.75, 3.05) is 6.54 Å². The number of carbonyl (C=O) groups excluding carboxylic acids is 2. The molecule has 2 aliphatic heterocycles. The van der Waals surface area contributed by atoms with E-state index in [9.17, 15) is 9.59 Å². The van der Waals surface area contributed by atoms with Crippen LogP contribution < -0.4 is 0 Å².